The van der Waals surface area contributed by atoms with Gasteiger partial charge in [0.25, 0.3) is 5.69 Å². The van der Waals surface area contributed by atoms with Crippen molar-refractivity contribution in [2.45, 2.75) is 12.8 Å². The van der Waals surface area contributed by atoms with E-state index in [4.69, 9.17) is 10.9 Å². The number of benzene rings is 1. The molecule has 7 heteroatoms. The van der Waals surface area contributed by atoms with E-state index in [0.29, 0.717) is 5.56 Å². The highest BCUT2D eigenvalue weighted by Crippen LogP contribution is 2.18. The second-order valence-corrected chi connectivity index (χ2v) is 3.37. The first-order valence-electron chi connectivity index (χ1n) is 4.75. The van der Waals surface area contributed by atoms with Gasteiger partial charge in [-0.25, -0.2) is 0 Å². The summed E-state index contributed by atoms with van der Waals surface area (Å²) in [6.07, 6.45) is -0.351. The van der Waals surface area contributed by atoms with Crippen LogP contribution in [0.15, 0.2) is 29.4 Å². The molecule has 0 atom stereocenters. The molecule has 1 aromatic carbocycles. The van der Waals surface area contributed by atoms with E-state index in [2.05, 4.69) is 5.16 Å². The number of nitro groups is 1. The molecule has 0 saturated heterocycles. The van der Waals surface area contributed by atoms with Crippen molar-refractivity contribution in [3.8, 4) is 0 Å². The number of hydrogen-bond donors (Lipinski definition) is 2. The minimum atomic E-state index is -0.550. The average Bonchev–Trinajstić information content (AvgIpc) is 2.29. The zero-order chi connectivity index (χ0) is 12.8. The van der Waals surface area contributed by atoms with Crippen molar-refractivity contribution >= 4 is 17.3 Å². The first kappa shape index (κ1) is 12.6. The Hall–Kier alpha value is -2.44. The molecule has 0 aliphatic rings. The highest BCUT2D eigenvalue weighted by Gasteiger charge is 2.16. The maximum atomic E-state index is 11.5. The van der Waals surface area contributed by atoms with Crippen LogP contribution in [0.5, 0.6) is 0 Å². The first-order chi connectivity index (χ1) is 8.04. The lowest BCUT2D eigenvalue weighted by Gasteiger charge is -2.01. The van der Waals surface area contributed by atoms with Gasteiger partial charge in [-0.05, 0) is 0 Å². The number of Topliss-reactive ketones (excluding diaryl/α,β-unsaturated/α-hetero) is 1. The highest BCUT2D eigenvalue weighted by molar-refractivity contribution is 6.00. The van der Waals surface area contributed by atoms with Gasteiger partial charge in [-0.2, -0.15) is 0 Å². The maximum Gasteiger partial charge on any atom is 0.273 e. The summed E-state index contributed by atoms with van der Waals surface area (Å²) in [4.78, 5) is 21.6. The predicted octanol–water partition coefficient (Wildman–Crippen LogP) is 0.843. The summed E-state index contributed by atoms with van der Waals surface area (Å²) in [5.74, 6) is -0.566. The van der Waals surface area contributed by atoms with Crippen molar-refractivity contribution in [1.29, 1.82) is 0 Å². The summed E-state index contributed by atoms with van der Waals surface area (Å²) in [6, 6.07) is 5.96. The third kappa shape index (κ3) is 3.56. The standard InChI is InChI=1S/C10H11N3O4/c11-10(12-15)6-8(14)5-7-3-1-2-4-9(7)13(16)17/h1-4,15H,5-6H2,(H2,11,12). The predicted molar refractivity (Wildman–Crippen MR) is 59.8 cm³/mol. The van der Waals surface area contributed by atoms with Crippen LogP contribution in [0, 0.1) is 10.1 Å². The molecule has 0 aromatic heterocycles. The highest BCUT2D eigenvalue weighted by atomic mass is 16.6. The minimum absolute atomic E-state index is 0.111. The second-order valence-electron chi connectivity index (χ2n) is 3.37. The average molecular weight is 237 g/mol. The van der Waals surface area contributed by atoms with Gasteiger partial charge in [-0.1, -0.05) is 23.4 Å². The van der Waals surface area contributed by atoms with Crippen molar-refractivity contribution in [2.24, 2.45) is 10.9 Å². The van der Waals surface area contributed by atoms with Crippen molar-refractivity contribution in [3.05, 3.63) is 39.9 Å². The van der Waals surface area contributed by atoms with Crippen LogP contribution < -0.4 is 5.73 Å². The van der Waals surface area contributed by atoms with E-state index >= 15 is 0 Å². The van der Waals surface area contributed by atoms with Crippen molar-refractivity contribution in [1.82, 2.24) is 0 Å². The van der Waals surface area contributed by atoms with Crippen LogP contribution in [0.1, 0.15) is 12.0 Å². The van der Waals surface area contributed by atoms with Gasteiger partial charge in [0.2, 0.25) is 0 Å². The lowest BCUT2D eigenvalue weighted by Crippen LogP contribution is -2.18. The zero-order valence-corrected chi connectivity index (χ0v) is 8.87. The van der Waals surface area contributed by atoms with Gasteiger partial charge in [-0.3, -0.25) is 14.9 Å². The molecule has 0 aliphatic heterocycles. The first-order valence-corrected chi connectivity index (χ1v) is 4.75. The summed E-state index contributed by atoms with van der Waals surface area (Å²) >= 11 is 0. The molecule has 0 heterocycles. The quantitative estimate of drug-likeness (QED) is 0.258. The molecule has 1 rings (SSSR count). The number of para-hydroxylation sites is 1. The third-order valence-electron chi connectivity index (χ3n) is 2.08. The van der Waals surface area contributed by atoms with Gasteiger partial charge in [0.15, 0.2) is 0 Å². The van der Waals surface area contributed by atoms with Crippen LogP contribution in [0.25, 0.3) is 0 Å². The monoisotopic (exact) mass is 237 g/mol. The molecule has 0 unspecified atom stereocenters. The van der Waals surface area contributed by atoms with Gasteiger partial charge in [0, 0.05) is 18.1 Å². The van der Waals surface area contributed by atoms with Gasteiger partial charge < -0.3 is 10.9 Å². The molecular formula is C10H11N3O4. The minimum Gasteiger partial charge on any atom is -0.409 e. The number of ketones is 1. The van der Waals surface area contributed by atoms with Crippen LogP contribution in [-0.4, -0.2) is 21.7 Å². The van der Waals surface area contributed by atoms with E-state index in [0.717, 1.165) is 0 Å². The Kier molecular flexibility index (Phi) is 4.15. The largest absolute Gasteiger partial charge is 0.409 e. The van der Waals surface area contributed by atoms with Gasteiger partial charge in [-0.15, -0.1) is 0 Å². The molecule has 0 amide bonds. The van der Waals surface area contributed by atoms with E-state index in [9.17, 15) is 14.9 Å². The maximum absolute atomic E-state index is 11.5. The molecular weight excluding hydrogens is 226 g/mol. The van der Waals surface area contributed by atoms with E-state index in [1.54, 1.807) is 6.07 Å². The fraction of sp³-hybridized carbons (Fsp3) is 0.200. The molecule has 0 bridgehead atoms. The molecule has 17 heavy (non-hydrogen) atoms. The number of amidine groups is 1. The molecule has 90 valence electrons. The zero-order valence-electron chi connectivity index (χ0n) is 8.87. The van der Waals surface area contributed by atoms with E-state index in [1.807, 2.05) is 0 Å². The Bertz CT molecular complexity index is 470. The number of nitrogens with two attached hydrogens (primary N) is 1. The molecule has 1 aromatic rings. The SMILES string of the molecule is N/C(CC(=O)Cc1ccccc1[N+](=O)[O-])=N\O. The van der Waals surface area contributed by atoms with Crippen LogP contribution in [-0.2, 0) is 11.2 Å². The molecule has 7 nitrogen and oxygen atoms in total. The Morgan fingerprint density at radius 2 is 2.12 bits per heavy atom. The van der Waals surface area contributed by atoms with Crippen LogP contribution in [0.3, 0.4) is 0 Å². The number of oxime groups is 1. The number of nitrogens with zero attached hydrogens (tertiary/aromatic N) is 2. The second kappa shape index (κ2) is 5.59. The third-order valence-corrected chi connectivity index (χ3v) is 2.08. The van der Waals surface area contributed by atoms with Crippen LogP contribution in [0.4, 0.5) is 5.69 Å². The molecule has 3 N–H and O–H groups in total. The lowest BCUT2D eigenvalue weighted by molar-refractivity contribution is -0.385. The summed E-state index contributed by atoms with van der Waals surface area (Å²) < 4.78 is 0. The van der Waals surface area contributed by atoms with Crippen molar-refractivity contribution < 1.29 is 14.9 Å². The number of hydrogen-bond acceptors (Lipinski definition) is 5. The Morgan fingerprint density at radius 1 is 1.47 bits per heavy atom. The molecule has 0 radical (unpaired) electrons. The topological polar surface area (TPSA) is 119 Å². The van der Waals surface area contributed by atoms with Crippen LogP contribution >= 0.6 is 0 Å². The van der Waals surface area contributed by atoms with Gasteiger partial charge in [0.05, 0.1) is 11.3 Å². The Balaban J connectivity index is 2.81. The number of carbonyl (C=O) groups is 1. The summed E-state index contributed by atoms with van der Waals surface area (Å²) in [5, 5.41) is 21.6. The fourth-order valence-corrected chi connectivity index (χ4v) is 1.35. The number of rotatable bonds is 5. The normalized spacial score (nSPS) is 11.2. The summed E-state index contributed by atoms with van der Waals surface area (Å²) in [5.41, 5.74) is 5.37. The van der Waals surface area contributed by atoms with Crippen molar-refractivity contribution in [3.63, 3.8) is 0 Å². The van der Waals surface area contributed by atoms with E-state index < -0.39 is 4.92 Å². The molecule has 0 aliphatic carbocycles. The van der Waals surface area contributed by atoms with Crippen molar-refractivity contribution in [2.75, 3.05) is 0 Å². The molecule has 0 saturated carbocycles. The summed E-state index contributed by atoms with van der Waals surface area (Å²) in [6.45, 7) is 0. The smallest absolute Gasteiger partial charge is 0.273 e. The van der Waals surface area contributed by atoms with Gasteiger partial charge in [0.1, 0.15) is 11.6 Å². The van der Waals surface area contributed by atoms with E-state index in [-0.39, 0.29) is 30.1 Å². The van der Waals surface area contributed by atoms with E-state index in [1.165, 1.54) is 18.2 Å². The summed E-state index contributed by atoms with van der Waals surface area (Å²) in [7, 11) is 0. The molecule has 0 spiro atoms. The lowest BCUT2D eigenvalue weighted by atomic mass is 10.1. The Labute approximate surface area is 96.7 Å². The van der Waals surface area contributed by atoms with Gasteiger partial charge >= 0.3 is 0 Å². The number of carbonyl (C=O) groups excluding carboxylic acids is 1. The Morgan fingerprint density at radius 3 is 2.71 bits per heavy atom. The van der Waals surface area contributed by atoms with Crippen LogP contribution in [0.2, 0.25) is 0 Å². The molecule has 0 fully saturated rings. The number of nitro benzene ring substituents is 1. The fourth-order valence-electron chi connectivity index (χ4n) is 1.35.